The maximum atomic E-state index is 14.3. The second-order valence-corrected chi connectivity index (χ2v) is 13.0. The molecule has 10 nitrogen and oxygen atoms in total. The molecule has 0 aromatic heterocycles. The number of sulfonamides is 1. The van der Waals surface area contributed by atoms with Gasteiger partial charge in [0.15, 0.2) is 11.5 Å². The molecule has 2 amide bonds. The van der Waals surface area contributed by atoms with Gasteiger partial charge in [0.2, 0.25) is 11.8 Å². The molecule has 0 fully saturated rings. The molecule has 3 aromatic rings. The highest BCUT2D eigenvalue weighted by atomic mass is 35.5. The summed E-state index contributed by atoms with van der Waals surface area (Å²) in [5, 5.41) is 3.11. The molecule has 0 saturated carbocycles. The summed E-state index contributed by atoms with van der Waals surface area (Å²) in [6.07, 6.45) is 0. The zero-order valence-electron chi connectivity index (χ0n) is 26.1. The minimum atomic E-state index is -4.42. The molecular weight excluding hydrogens is 606 g/mol. The van der Waals surface area contributed by atoms with Gasteiger partial charge in [0.1, 0.15) is 18.3 Å². The van der Waals surface area contributed by atoms with Crippen LogP contribution in [0.3, 0.4) is 0 Å². The Bertz CT molecular complexity index is 1560. The number of nitrogens with one attached hydrogen (secondary N) is 1. The third-order valence-corrected chi connectivity index (χ3v) is 8.95. The van der Waals surface area contributed by atoms with Crippen LogP contribution >= 0.6 is 11.6 Å². The zero-order chi connectivity index (χ0) is 32.6. The highest BCUT2D eigenvalue weighted by molar-refractivity contribution is 7.92. The summed E-state index contributed by atoms with van der Waals surface area (Å²) in [6, 6.07) is 15.3. The first kappa shape index (κ1) is 34.5. The molecular formula is C32H40ClN3O7S. The fourth-order valence-electron chi connectivity index (χ4n) is 4.40. The molecule has 0 saturated heterocycles. The van der Waals surface area contributed by atoms with E-state index in [-0.39, 0.29) is 45.5 Å². The Morgan fingerprint density at radius 3 is 2.07 bits per heavy atom. The molecule has 0 aliphatic heterocycles. The van der Waals surface area contributed by atoms with Crippen LogP contribution in [0.25, 0.3) is 0 Å². The Kier molecular flexibility index (Phi) is 11.9. The maximum Gasteiger partial charge on any atom is 0.265 e. The van der Waals surface area contributed by atoms with Gasteiger partial charge in [0.25, 0.3) is 10.0 Å². The molecule has 0 unspecified atom stereocenters. The van der Waals surface area contributed by atoms with Crippen LogP contribution < -0.4 is 23.8 Å². The number of hydrogen-bond donors (Lipinski definition) is 1. The van der Waals surface area contributed by atoms with Gasteiger partial charge in [-0.1, -0.05) is 55.3 Å². The largest absolute Gasteiger partial charge is 0.495 e. The molecule has 12 heteroatoms. The molecule has 0 aliphatic rings. The second kappa shape index (κ2) is 15.2. The molecule has 3 rings (SSSR count). The van der Waals surface area contributed by atoms with E-state index < -0.39 is 28.5 Å². The van der Waals surface area contributed by atoms with Crippen LogP contribution in [0, 0.1) is 12.8 Å². The summed E-state index contributed by atoms with van der Waals surface area (Å²) in [7, 11) is -0.202. The molecule has 44 heavy (non-hydrogen) atoms. The van der Waals surface area contributed by atoms with Gasteiger partial charge in [0.05, 0.1) is 31.9 Å². The smallest absolute Gasteiger partial charge is 0.265 e. The lowest BCUT2D eigenvalue weighted by atomic mass is 10.1. The van der Waals surface area contributed by atoms with Crippen molar-refractivity contribution < 1.29 is 32.2 Å². The van der Waals surface area contributed by atoms with Gasteiger partial charge in [-0.25, -0.2) is 8.42 Å². The van der Waals surface area contributed by atoms with E-state index in [2.05, 4.69) is 5.32 Å². The number of nitrogens with zero attached hydrogens (tertiary/aromatic N) is 2. The molecule has 0 aliphatic carbocycles. The van der Waals surface area contributed by atoms with Gasteiger partial charge in [-0.05, 0) is 55.7 Å². The Morgan fingerprint density at radius 1 is 0.864 bits per heavy atom. The predicted octanol–water partition coefficient (Wildman–Crippen LogP) is 5.06. The van der Waals surface area contributed by atoms with Crippen molar-refractivity contribution in [3.8, 4) is 17.2 Å². The quantitative estimate of drug-likeness (QED) is 0.261. The van der Waals surface area contributed by atoms with Crippen LogP contribution in [0.5, 0.6) is 17.2 Å². The normalized spacial score (nSPS) is 11.9. The molecule has 0 bridgehead atoms. The fourth-order valence-corrected chi connectivity index (χ4v) is 6.00. The Morgan fingerprint density at radius 2 is 1.48 bits per heavy atom. The van der Waals surface area contributed by atoms with Crippen LogP contribution in [0.4, 0.5) is 5.69 Å². The van der Waals surface area contributed by atoms with Crippen molar-refractivity contribution in [1.82, 2.24) is 10.2 Å². The van der Waals surface area contributed by atoms with E-state index in [0.29, 0.717) is 12.3 Å². The summed E-state index contributed by atoms with van der Waals surface area (Å²) < 4.78 is 45.6. The van der Waals surface area contributed by atoms with Crippen LogP contribution in [0.15, 0.2) is 65.6 Å². The maximum absolute atomic E-state index is 14.3. The number of anilines is 1. The van der Waals surface area contributed by atoms with E-state index in [1.165, 1.54) is 56.6 Å². The van der Waals surface area contributed by atoms with E-state index in [0.717, 1.165) is 15.4 Å². The highest BCUT2D eigenvalue weighted by Gasteiger charge is 2.34. The van der Waals surface area contributed by atoms with Gasteiger partial charge in [-0.3, -0.25) is 13.9 Å². The lowest BCUT2D eigenvalue weighted by Crippen LogP contribution is -2.51. The summed E-state index contributed by atoms with van der Waals surface area (Å²) in [5.74, 6) is -0.0594. The van der Waals surface area contributed by atoms with Gasteiger partial charge in [-0.15, -0.1) is 0 Å². The molecule has 238 valence electrons. The van der Waals surface area contributed by atoms with E-state index in [1.807, 2.05) is 45.0 Å². The van der Waals surface area contributed by atoms with Crippen molar-refractivity contribution in [3.05, 3.63) is 76.8 Å². The van der Waals surface area contributed by atoms with Crippen LogP contribution in [-0.2, 0) is 26.2 Å². The monoisotopic (exact) mass is 645 g/mol. The summed E-state index contributed by atoms with van der Waals surface area (Å²) in [4.78, 5) is 28.6. The topological polar surface area (TPSA) is 114 Å². The highest BCUT2D eigenvalue weighted by Crippen LogP contribution is 2.37. The zero-order valence-corrected chi connectivity index (χ0v) is 27.7. The number of amides is 2. The van der Waals surface area contributed by atoms with Crippen molar-refractivity contribution >= 4 is 39.1 Å². The van der Waals surface area contributed by atoms with Crippen LogP contribution in [0.2, 0.25) is 5.02 Å². The van der Waals surface area contributed by atoms with E-state index in [1.54, 1.807) is 13.0 Å². The predicted molar refractivity (Wildman–Crippen MR) is 171 cm³/mol. The summed E-state index contributed by atoms with van der Waals surface area (Å²) in [6.45, 7) is 7.35. The average Bonchev–Trinajstić information content (AvgIpc) is 3.01. The molecule has 1 atom stereocenters. The summed E-state index contributed by atoms with van der Waals surface area (Å²) in [5.41, 5.74) is 1.87. The lowest BCUT2D eigenvalue weighted by molar-refractivity contribution is -0.139. The van der Waals surface area contributed by atoms with E-state index >= 15 is 0 Å². The fraction of sp³-hybridized carbons (Fsp3) is 0.375. The van der Waals surface area contributed by atoms with Crippen molar-refractivity contribution in [3.63, 3.8) is 0 Å². The minimum Gasteiger partial charge on any atom is -0.495 e. The first-order valence-corrected chi connectivity index (χ1v) is 15.8. The van der Waals surface area contributed by atoms with Crippen LogP contribution in [-0.4, -0.2) is 65.6 Å². The average molecular weight is 646 g/mol. The molecule has 0 spiro atoms. The van der Waals surface area contributed by atoms with E-state index in [9.17, 15) is 18.0 Å². The molecule has 0 radical (unpaired) electrons. The lowest BCUT2D eigenvalue weighted by Gasteiger charge is -2.32. The first-order valence-electron chi connectivity index (χ1n) is 14.0. The minimum absolute atomic E-state index is 0.0512. The number of aryl methyl sites for hydroxylation is 1. The molecule has 1 N–H and O–H groups in total. The molecule has 0 heterocycles. The number of benzene rings is 3. The third-order valence-electron chi connectivity index (χ3n) is 6.96. The summed E-state index contributed by atoms with van der Waals surface area (Å²) >= 11 is 6.31. The third kappa shape index (κ3) is 8.35. The van der Waals surface area contributed by atoms with Crippen LogP contribution in [0.1, 0.15) is 31.9 Å². The number of halogens is 1. The Hall–Kier alpha value is -3.96. The van der Waals surface area contributed by atoms with E-state index in [4.69, 9.17) is 25.8 Å². The number of methoxy groups -OCH3 is 3. The van der Waals surface area contributed by atoms with Crippen molar-refractivity contribution in [2.45, 2.75) is 45.2 Å². The Labute approximate surface area is 264 Å². The van der Waals surface area contributed by atoms with Gasteiger partial charge in [-0.2, -0.15) is 0 Å². The number of carbonyl (C=O) groups is 2. The van der Waals surface area contributed by atoms with Gasteiger partial charge >= 0.3 is 0 Å². The van der Waals surface area contributed by atoms with Crippen molar-refractivity contribution in [2.24, 2.45) is 5.92 Å². The van der Waals surface area contributed by atoms with Gasteiger partial charge < -0.3 is 24.4 Å². The SMILES string of the molecule is COc1ccc(S(=O)(=O)N(CC(=O)N(Cc2ccc(C)cc2)[C@@H](C)C(=O)NCC(C)C)c2cc(Cl)ccc2OC)cc1OC. The standard InChI is InChI=1S/C32H40ClN3O7S/c1-21(2)18-34-32(38)23(4)35(19-24-10-8-22(3)9-11-24)31(37)20-36(27-16-25(33)12-14-28(27)41-5)44(39,40)26-13-15-29(42-6)30(17-26)43-7/h8-17,21,23H,18-20H2,1-7H3,(H,34,38)/t23-/m0/s1. The molecule has 3 aromatic carbocycles. The second-order valence-electron chi connectivity index (χ2n) is 10.7. The Balaban J connectivity index is 2.13. The number of hydrogen-bond acceptors (Lipinski definition) is 7. The van der Waals surface area contributed by atoms with Crippen molar-refractivity contribution in [1.29, 1.82) is 0 Å². The number of rotatable bonds is 14. The number of carbonyl (C=O) groups excluding carboxylic acids is 2. The van der Waals surface area contributed by atoms with Gasteiger partial charge in [0, 0.05) is 24.2 Å². The number of ether oxygens (including phenoxy) is 3. The first-order chi connectivity index (χ1) is 20.8. The van der Waals surface area contributed by atoms with Crippen molar-refractivity contribution in [2.75, 3.05) is 38.7 Å².